The van der Waals surface area contributed by atoms with Crippen LogP contribution < -0.4 is 10.1 Å². The number of hydrogen-bond donors (Lipinski definition) is 2. The van der Waals surface area contributed by atoms with Crippen molar-refractivity contribution >= 4 is 17.5 Å². The van der Waals surface area contributed by atoms with E-state index in [1.165, 1.54) is 0 Å². The predicted molar refractivity (Wildman–Crippen MR) is 82.7 cm³/mol. The van der Waals surface area contributed by atoms with Crippen LogP contribution >= 0.6 is 11.6 Å². The van der Waals surface area contributed by atoms with Gasteiger partial charge in [0.25, 0.3) is 0 Å². The van der Waals surface area contributed by atoms with Gasteiger partial charge in [-0.2, -0.15) is 0 Å². The molecule has 0 unspecified atom stereocenters. The van der Waals surface area contributed by atoms with Crippen LogP contribution in [0.3, 0.4) is 0 Å². The number of rotatable bonds is 5. The Labute approximate surface area is 130 Å². The zero-order valence-electron chi connectivity index (χ0n) is 12.3. The van der Waals surface area contributed by atoms with Crippen molar-refractivity contribution in [2.75, 3.05) is 13.7 Å². The third kappa shape index (κ3) is 4.61. The molecule has 2 N–H and O–H groups in total. The van der Waals surface area contributed by atoms with Gasteiger partial charge in [0.15, 0.2) is 0 Å². The summed E-state index contributed by atoms with van der Waals surface area (Å²) in [6.07, 6.45) is 4.08. The fraction of sp³-hybridized carbons (Fsp3) is 0.562. The fourth-order valence-corrected chi connectivity index (χ4v) is 3.02. The SMILES string of the molecule is COc1ccc(Cl)cc1CC(=O)NC1CCC(CO)CC1. The molecule has 0 atom stereocenters. The summed E-state index contributed by atoms with van der Waals surface area (Å²) in [5, 5.41) is 12.8. The molecule has 0 spiro atoms. The van der Waals surface area contributed by atoms with Crippen molar-refractivity contribution in [1.29, 1.82) is 0 Å². The van der Waals surface area contributed by atoms with Gasteiger partial charge in [-0.3, -0.25) is 4.79 Å². The van der Waals surface area contributed by atoms with Gasteiger partial charge < -0.3 is 15.2 Å². The maximum Gasteiger partial charge on any atom is 0.224 e. The van der Waals surface area contributed by atoms with Gasteiger partial charge in [0.05, 0.1) is 13.5 Å². The van der Waals surface area contributed by atoms with Crippen LogP contribution in [0.15, 0.2) is 18.2 Å². The fourth-order valence-electron chi connectivity index (χ4n) is 2.83. The average Bonchev–Trinajstić information content (AvgIpc) is 2.48. The van der Waals surface area contributed by atoms with E-state index in [2.05, 4.69) is 5.32 Å². The summed E-state index contributed by atoms with van der Waals surface area (Å²) in [4.78, 5) is 12.2. The Morgan fingerprint density at radius 3 is 2.71 bits per heavy atom. The number of aliphatic hydroxyl groups excluding tert-OH is 1. The number of halogens is 1. The number of benzene rings is 1. The lowest BCUT2D eigenvalue weighted by Crippen LogP contribution is -2.38. The standard InChI is InChI=1S/C16H22ClNO3/c1-21-15-7-4-13(17)8-12(15)9-16(20)18-14-5-2-11(10-19)3-6-14/h4,7-8,11,14,19H,2-3,5-6,9-10H2,1H3,(H,18,20). The Morgan fingerprint density at radius 2 is 2.10 bits per heavy atom. The molecule has 1 saturated carbocycles. The number of methoxy groups -OCH3 is 1. The van der Waals surface area contributed by atoms with E-state index in [-0.39, 0.29) is 25.0 Å². The number of hydrogen-bond acceptors (Lipinski definition) is 3. The Bertz CT molecular complexity index is 484. The summed E-state index contributed by atoms with van der Waals surface area (Å²) < 4.78 is 5.25. The second kappa shape index (κ2) is 7.66. The molecule has 0 bridgehead atoms. The van der Waals surface area contributed by atoms with Gasteiger partial charge >= 0.3 is 0 Å². The molecule has 1 fully saturated rings. The number of nitrogens with one attached hydrogen (secondary N) is 1. The van der Waals surface area contributed by atoms with Crippen molar-refractivity contribution in [3.05, 3.63) is 28.8 Å². The number of ether oxygens (including phenoxy) is 1. The molecule has 0 saturated heterocycles. The largest absolute Gasteiger partial charge is 0.496 e. The van der Waals surface area contributed by atoms with Gasteiger partial charge in [0, 0.05) is 23.2 Å². The topological polar surface area (TPSA) is 58.6 Å². The van der Waals surface area contributed by atoms with Crippen molar-refractivity contribution in [2.45, 2.75) is 38.1 Å². The molecule has 2 rings (SSSR count). The van der Waals surface area contributed by atoms with E-state index in [9.17, 15) is 4.79 Å². The minimum absolute atomic E-state index is 0.0111. The van der Waals surface area contributed by atoms with E-state index in [0.717, 1.165) is 31.2 Å². The third-order valence-corrected chi connectivity index (χ3v) is 4.30. The molecule has 1 aromatic rings. The summed E-state index contributed by atoms with van der Waals surface area (Å²) >= 11 is 5.97. The molecular weight excluding hydrogens is 290 g/mol. The van der Waals surface area contributed by atoms with Crippen LogP contribution in [0.25, 0.3) is 0 Å². The highest BCUT2D eigenvalue weighted by Crippen LogP contribution is 2.25. The highest BCUT2D eigenvalue weighted by molar-refractivity contribution is 6.30. The maximum absolute atomic E-state index is 12.2. The van der Waals surface area contributed by atoms with E-state index in [1.807, 2.05) is 0 Å². The van der Waals surface area contributed by atoms with Gasteiger partial charge in [-0.05, 0) is 49.8 Å². The van der Waals surface area contributed by atoms with Crippen LogP contribution in [0.1, 0.15) is 31.2 Å². The number of carbonyl (C=O) groups excluding carboxylic acids is 1. The van der Waals surface area contributed by atoms with E-state index >= 15 is 0 Å². The zero-order valence-corrected chi connectivity index (χ0v) is 13.0. The Kier molecular flexibility index (Phi) is 5.88. The molecule has 1 amide bonds. The van der Waals surface area contributed by atoms with Crippen molar-refractivity contribution in [1.82, 2.24) is 5.32 Å². The van der Waals surface area contributed by atoms with Crippen molar-refractivity contribution in [3.63, 3.8) is 0 Å². The van der Waals surface area contributed by atoms with Crippen molar-refractivity contribution in [3.8, 4) is 5.75 Å². The molecular formula is C16H22ClNO3. The minimum atomic E-state index is -0.0111. The van der Waals surface area contributed by atoms with E-state index in [1.54, 1.807) is 25.3 Å². The van der Waals surface area contributed by atoms with Crippen LogP contribution in [0.4, 0.5) is 0 Å². The molecule has 1 aromatic carbocycles. The van der Waals surface area contributed by atoms with Crippen LogP contribution in [-0.4, -0.2) is 30.8 Å². The second-order valence-electron chi connectivity index (χ2n) is 5.60. The quantitative estimate of drug-likeness (QED) is 0.878. The highest BCUT2D eigenvalue weighted by atomic mass is 35.5. The molecule has 1 aliphatic rings. The second-order valence-corrected chi connectivity index (χ2v) is 6.04. The van der Waals surface area contributed by atoms with E-state index in [0.29, 0.717) is 16.7 Å². The first-order valence-corrected chi connectivity index (χ1v) is 7.72. The number of carbonyl (C=O) groups is 1. The van der Waals surface area contributed by atoms with E-state index < -0.39 is 0 Å². The van der Waals surface area contributed by atoms with Gasteiger partial charge in [-0.1, -0.05) is 11.6 Å². The monoisotopic (exact) mass is 311 g/mol. The first-order chi connectivity index (χ1) is 10.1. The zero-order chi connectivity index (χ0) is 15.2. The van der Waals surface area contributed by atoms with Gasteiger partial charge in [-0.25, -0.2) is 0 Å². The summed E-state index contributed by atoms with van der Waals surface area (Å²) in [7, 11) is 1.58. The van der Waals surface area contributed by atoms with E-state index in [4.69, 9.17) is 21.4 Å². The number of aliphatic hydroxyl groups is 1. The van der Waals surface area contributed by atoms with Crippen LogP contribution in [0.5, 0.6) is 5.75 Å². The average molecular weight is 312 g/mol. The minimum Gasteiger partial charge on any atom is -0.496 e. The summed E-state index contributed by atoms with van der Waals surface area (Å²) in [5.74, 6) is 1.06. The van der Waals surface area contributed by atoms with Crippen LogP contribution in [0.2, 0.25) is 5.02 Å². The molecule has 1 aliphatic carbocycles. The summed E-state index contributed by atoms with van der Waals surface area (Å²) in [6, 6.07) is 5.50. The molecule has 116 valence electrons. The lowest BCUT2D eigenvalue weighted by Gasteiger charge is -2.28. The smallest absolute Gasteiger partial charge is 0.224 e. The Hall–Kier alpha value is -1.26. The van der Waals surface area contributed by atoms with Gasteiger partial charge in [-0.15, -0.1) is 0 Å². The lowest BCUT2D eigenvalue weighted by atomic mass is 9.86. The molecule has 0 aromatic heterocycles. The summed E-state index contributed by atoms with van der Waals surface area (Å²) in [6.45, 7) is 0.250. The highest BCUT2D eigenvalue weighted by Gasteiger charge is 2.22. The van der Waals surface area contributed by atoms with Crippen molar-refractivity contribution < 1.29 is 14.6 Å². The molecule has 0 aliphatic heterocycles. The third-order valence-electron chi connectivity index (χ3n) is 4.06. The van der Waals surface area contributed by atoms with Gasteiger partial charge in [0.1, 0.15) is 5.75 Å². The molecule has 5 heteroatoms. The first kappa shape index (κ1) is 16.1. The van der Waals surface area contributed by atoms with Crippen LogP contribution in [0, 0.1) is 5.92 Å². The Morgan fingerprint density at radius 1 is 1.38 bits per heavy atom. The van der Waals surface area contributed by atoms with Crippen LogP contribution in [-0.2, 0) is 11.2 Å². The first-order valence-electron chi connectivity index (χ1n) is 7.35. The maximum atomic E-state index is 12.2. The lowest BCUT2D eigenvalue weighted by molar-refractivity contribution is -0.121. The summed E-state index contributed by atoms with van der Waals surface area (Å²) in [5.41, 5.74) is 0.798. The Balaban J connectivity index is 1.89. The molecule has 21 heavy (non-hydrogen) atoms. The predicted octanol–water partition coefficient (Wildman–Crippen LogP) is 2.56. The van der Waals surface area contributed by atoms with Gasteiger partial charge in [0.2, 0.25) is 5.91 Å². The normalized spacial score (nSPS) is 21.9. The molecule has 4 nitrogen and oxygen atoms in total. The molecule has 0 heterocycles. The number of amides is 1. The van der Waals surface area contributed by atoms with Crippen molar-refractivity contribution in [2.24, 2.45) is 5.92 Å². The molecule has 0 radical (unpaired) electrons.